The summed E-state index contributed by atoms with van der Waals surface area (Å²) in [7, 11) is 4.07. The fourth-order valence-corrected chi connectivity index (χ4v) is 1.59. The van der Waals surface area contributed by atoms with Gasteiger partial charge in [0.1, 0.15) is 0 Å². The molecule has 0 radical (unpaired) electrons. The average molecular weight is 242 g/mol. The Hall–Kier alpha value is -1.00. The van der Waals surface area contributed by atoms with E-state index in [1.165, 1.54) is 6.07 Å². The largest absolute Gasteiger partial charge is 0.313 e. The molecule has 0 atom stereocenters. The molecule has 0 aliphatic rings. The van der Waals surface area contributed by atoms with Gasteiger partial charge >= 0.3 is 0 Å². The van der Waals surface area contributed by atoms with E-state index in [1.807, 2.05) is 20.2 Å². The summed E-state index contributed by atoms with van der Waals surface area (Å²) in [6, 6.07) is 6.56. The van der Waals surface area contributed by atoms with Crippen LogP contribution in [0, 0.1) is 0 Å². The smallest absolute Gasteiger partial charge is 0.263 e. The normalized spacial score (nSPS) is 11.4. The fraction of sp³-hybridized carbons (Fsp3) is 0.538. The third-order valence-electron chi connectivity index (χ3n) is 2.49. The van der Waals surface area contributed by atoms with Gasteiger partial charge in [-0.15, -0.1) is 0 Å². The van der Waals surface area contributed by atoms with E-state index < -0.39 is 6.43 Å². The maximum Gasteiger partial charge on any atom is 0.263 e. The van der Waals surface area contributed by atoms with Gasteiger partial charge in [0.25, 0.3) is 6.43 Å². The molecule has 0 aromatic heterocycles. The van der Waals surface area contributed by atoms with E-state index >= 15 is 0 Å². The van der Waals surface area contributed by atoms with Gasteiger partial charge in [-0.3, -0.25) is 0 Å². The lowest BCUT2D eigenvalue weighted by atomic mass is 10.1. The van der Waals surface area contributed by atoms with Crippen molar-refractivity contribution >= 4 is 0 Å². The molecule has 0 aliphatic carbocycles. The van der Waals surface area contributed by atoms with Crippen LogP contribution in [0.4, 0.5) is 8.78 Å². The first-order chi connectivity index (χ1) is 8.09. The van der Waals surface area contributed by atoms with Crippen LogP contribution < -0.4 is 5.32 Å². The molecular formula is C13H20F2N2. The number of hydrogen-bond donors (Lipinski definition) is 1. The molecule has 0 saturated heterocycles. The van der Waals surface area contributed by atoms with E-state index in [2.05, 4.69) is 10.2 Å². The van der Waals surface area contributed by atoms with Gasteiger partial charge < -0.3 is 10.2 Å². The van der Waals surface area contributed by atoms with E-state index in [1.54, 1.807) is 12.1 Å². The molecule has 0 saturated carbocycles. The maximum atomic E-state index is 12.5. The van der Waals surface area contributed by atoms with Crippen molar-refractivity contribution in [3.8, 4) is 0 Å². The number of alkyl halides is 2. The zero-order chi connectivity index (χ0) is 12.7. The molecule has 1 N–H and O–H groups in total. The minimum atomic E-state index is -2.39. The average Bonchev–Trinajstić information content (AvgIpc) is 2.28. The van der Waals surface area contributed by atoms with Gasteiger partial charge in [-0.2, -0.15) is 0 Å². The van der Waals surface area contributed by atoms with Crippen LogP contribution in [-0.4, -0.2) is 32.1 Å². The summed E-state index contributed by atoms with van der Waals surface area (Å²) in [5.74, 6) is 0. The van der Waals surface area contributed by atoms with Gasteiger partial charge in [-0.05, 0) is 45.2 Å². The van der Waals surface area contributed by atoms with Crippen molar-refractivity contribution in [2.45, 2.75) is 19.4 Å². The Morgan fingerprint density at radius 1 is 1.29 bits per heavy atom. The number of hydrogen-bond acceptors (Lipinski definition) is 2. The zero-order valence-electron chi connectivity index (χ0n) is 10.4. The van der Waals surface area contributed by atoms with Crippen LogP contribution in [0.15, 0.2) is 24.3 Å². The minimum Gasteiger partial charge on any atom is -0.313 e. The first kappa shape index (κ1) is 14.1. The number of nitrogens with one attached hydrogen (secondary N) is 1. The monoisotopic (exact) mass is 242 g/mol. The van der Waals surface area contributed by atoms with Crippen molar-refractivity contribution in [2.24, 2.45) is 0 Å². The van der Waals surface area contributed by atoms with E-state index in [4.69, 9.17) is 0 Å². The third-order valence-corrected chi connectivity index (χ3v) is 2.49. The molecule has 0 aliphatic heterocycles. The molecule has 1 aromatic rings. The van der Waals surface area contributed by atoms with Crippen LogP contribution in [0.1, 0.15) is 24.0 Å². The molecule has 4 heteroatoms. The van der Waals surface area contributed by atoms with Crippen LogP contribution >= 0.6 is 0 Å². The summed E-state index contributed by atoms with van der Waals surface area (Å²) in [4.78, 5) is 2.12. The SMILES string of the molecule is CN(C)CCCNCc1cccc(C(F)F)c1. The Morgan fingerprint density at radius 2 is 2.06 bits per heavy atom. The lowest BCUT2D eigenvalue weighted by molar-refractivity contribution is 0.151. The van der Waals surface area contributed by atoms with Gasteiger partial charge in [0, 0.05) is 12.1 Å². The highest BCUT2D eigenvalue weighted by Gasteiger charge is 2.06. The number of rotatable bonds is 7. The molecule has 2 nitrogen and oxygen atoms in total. The Morgan fingerprint density at radius 3 is 2.71 bits per heavy atom. The summed E-state index contributed by atoms with van der Waals surface area (Å²) >= 11 is 0. The van der Waals surface area contributed by atoms with E-state index in [0.29, 0.717) is 6.54 Å². The summed E-state index contributed by atoms with van der Waals surface area (Å²) < 4.78 is 24.9. The first-order valence-corrected chi connectivity index (χ1v) is 5.82. The summed E-state index contributed by atoms with van der Waals surface area (Å²) in [6.45, 7) is 2.58. The van der Waals surface area contributed by atoms with Gasteiger partial charge in [0.05, 0.1) is 0 Å². The standard InChI is InChI=1S/C13H20F2N2/c1-17(2)8-4-7-16-10-11-5-3-6-12(9-11)13(14)15/h3,5-6,9,13,16H,4,7-8,10H2,1-2H3. The summed E-state index contributed by atoms with van der Waals surface area (Å²) in [6.07, 6.45) is -1.33. The van der Waals surface area contributed by atoms with Crippen LogP contribution in [0.2, 0.25) is 0 Å². The highest BCUT2D eigenvalue weighted by molar-refractivity contribution is 5.24. The topological polar surface area (TPSA) is 15.3 Å². The lowest BCUT2D eigenvalue weighted by Crippen LogP contribution is -2.21. The fourth-order valence-electron chi connectivity index (χ4n) is 1.59. The van der Waals surface area contributed by atoms with Gasteiger partial charge in [0.2, 0.25) is 0 Å². The third kappa shape index (κ3) is 5.75. The molecule has 1 aromatic carbocycles. The van der Waals surface area contributed by atoms with E-state index in [-0.39, 0.29) is 5.56 Å². The van der Waals surface area contributed by atoms with Gasteiger partial charge in [0.15, 0.2) is 0 Å². The molecular weight excluding hydrogens is 222 g/mol. The molecule has 0 fully saturated rings. The molecule has 0 bridgehead atoms. The van der Waals surface area contributed by atoms with E-state index in [9.17, 15) is 8.78 Å². The van der Waals surface area contributed by atoms with Gasteiger partial charge in [-0.25, -0.2) is 8.78 Å². The Labute approximate surface area is 102 Å². The van der Waals surface area contributed by atoms with Crippen molar-refractivity contribution in [1.29, 1.82) is 0 Å². The predicted octanol–water partition coefficient (Wildman–Crippen LogP) is 2.67. The molecule has 0 unspecified atom stereocenters. The zero-order valence-corrected chi connectivity index (χ0v) is 10.4. The molecule has 0 amide bonds. The second-order valence-electron chi connectivity index (χ2n) is 4.38. The Balaban J connectivity index is 2.29. The maximum absolute atomic E-state index is 12.5. The molecule has 0 spiro atoms. The second kappa shape index (κ2) is 7.35. The van der Waals surface area contributed by atoms with Crippen LogP contribution in [0.25, 0.3) is 0 Å². The van der Waals surface area contributed by atoms with E-state index in [0.717, 1.165) is 25.1 Å². The summed E-state index contributed by atoms with van der Waals surface area (Å²) in [5, 5.41) is 3.25. The number of halogens is 2. The quantitative estimate of drug-likeness (QED) is 0.739. The number of nitrogens with zero attached hydrogens (tertiary/aromatic N) is 1. The highest BCUT2D eigenvalue weighted by Crippen LogP contribution is 2.19. The van der Waals surface area contributed by atoms with Gasteiger partial charge in [-0.1, -0.05) is 18.2 Å². The molecule has 1 rings (SSSR count). The van der Waals surface area contributed by atoms with Crippen molar-refractivity contribution in [3.05, 3.63) is 35.4 Å². The molecule has 0 heterocycles. The minimum absolute atomic E-state index is 0.0950. The Bertz CT molecular complexity index is 327. The predicted molar refractivity (Wildman–Crippen MR) is 66.3 cm³/mol. The van der Waals surface area contributed by atoms with Crippen molar-refractivity contribution in [3.63, 3.8) is 0 Å². The molecule has 96 valence electrons. The van der Waals surface area contributed by atoms with Crippen molar-refractivity contribution in [2.75, 3.05) is 27.2 Å². The van der Waals surface area contributed by atoms with Crippen molar-refractivity contribution < 1.29 is 8.78 Å². The Kier molecular flexibility index (Phi) is 6.08. The number of benzene rings is 1. The van der Waals surface area contributed by atoms with Crippen LogP contribution in [0.3, 0.4) is 0 Å². The van der Waals surface area contributed by atoms with Crippen LogP contribution in [-0.2, 0) is 6.54 Å². The molecule has 17 heavy (non-hydrogen) atoms. The first-order valence-electron chi connectivity index (χ1n) is 5.82. The van der Waals surface area contributed by atoms with Crippen molar-refractivity contribution in [1.82, 2.24) is 10.2 Å². The lowest BCUT2D eigenvalue weighted by Gasteiger charge is -2.10. The van der Waals surface area contributed by atoms with Crippen LogP contribution in [0.5, 0.6) is 0 Å². The highest BCUT2D eigenvalue weighted by atomic mass is 19.3. The summed E-state index contributed by atoms with van der Waals surface area (Å²) in [5.41, 5.74) is 1.00. The second-order valence-corrected chi connectivity index (χ2v) is 4.38.